The first-order valence-corrected chi connectivity index (χ1v) is 11.1. The Balaban J connectivity index is 1.53. The molecule has 2 aromatic heterocycles. The molecule has 0 spiro atoms. The molecule has 1 N–H and O–H groups in total. The number of nitrogens with zero attached hydrogens (tertiary/aromatic N) is 5. The number of thioether (sulfide) groups is 1. The van der Waals surface area contributed by atoms with Crippen LogP contribution in [-0.4, -0.2) is 36.2 Å². The first kappa shape index (κ1) is 20.9. The van der Waals surface area contributed by atoms with Crippen molar-refractivity contribution < 1.29 is 4.79 Å². The van der Waals surface area contributed by atoms with Crippen LogP contribution >= 0.6 is 11.8 Å². The highest BCUT2D eigenvalue weighted by molar-refractivity contribution is 7.99. The van der Waals surface area contributed by atoms with Crippen molar-refractivity contribution in [3.63, 3.8) is 0 Å². The Hall–Kier alpha value is -3.39. The lowest BCUT2D eigenvalue weighted by atomic mass is 10.1. The second-order valence-corrected chi connectivity index (χ2v) is 8.13. The molecule has 0 aliphatic carbocycles. The number of amides is 1. The van der Waals surface area contributed by atoms with E-state index < -0.39 is 0 Å². The van der Waals surface area contributed by atoms with Crippen molar-refractivity contribution in [2.45, 2.75) is 25.5 Å². The maximum absolute atomic E-state index is 12.4. The van der Waals surface area contributed by atoms with Crippen LogP contribution in [-0.2, 0) is 18.4 Å². The summed E-state index contributed by atoms with van der Waals surface area (Å²) in [6.07, 6.45) is 1.96. The summed E-state index contributed by atoms with van der Waals surface area (Å²) in [5.74, 6) is 0.924. The van der Waals surface area contributed by atoms with Crippen LogP contribution in [0.5, 0.6) is 0 Å². The highest BCUT2D eigenvalue weighted by Crippen LogP contribution is 2.31. The van der Waals surface area contributed by atoms with Crippen molar-refractivity contribution in [3.05, 3.63) is 66.4 Å². The number of carbonyl (C=O) groups is 1. The number of rotatable bonds is 7. The van der Waals surface area contributed by atoms with E-state index in [1.54, 1.807) is 4.68 Å². The van der Waals surface area contributed by atoms with Gasteiger partial charge in [0.2, 0.25) is 5.91 Å². The summed E-state index contributed by atoms with van der Waals surface area (Å²) < 4.78 is 3.81. The summed E-state index contributed by atoms with van der Waals surface area (Å²) >= 11 is 1.38. The SMILES string of the molecule is CCn1c(SCC(=O)Nc2ccc(C)cc2)nnc1-c1cn(C)nc1-c1ccccc1. The van der Waals surface area contributed by atoms with E-state index in [9.17, 15) is 4.79 Å². The van der Waals surface area contributed by atoms with Gasteiger partial charge in [-0.05, 0) is 26.0 Å². The van der Waals surface area contributed by atoms with Crippen molar-refractivity contribution in [2.24, 2.45) is 7.05 Å². The average molecular weight is 433 g/mol. The third kappa shape index (κ3) is 4.69. The maximum Gasteiger partial charge on any atom is 0.234 e. The lowest BCUT2D eigenvalue weighted by molar-refractivity contribution is -0.113. The van der Waals surface area contributed by atoms with E-state index in [0.717, 1.165) is 33.9 Å². The fourth-order valence-corrected chi connectivity index (χ4v) is 4.11. The molecule has 0 aliphatic heterocycles. The number of carbonyl (C=O) groups excluding carboxylic acids is 1. The van der Waals surface area contributed by atoms with Gasteiger partial charge < -0.3 is 9.88 Å². The molecule has 0 atom stereocenters. The third-order valence-electron chi connectivity index (χ3n) is 4.82. The molecule has 8 heteroatoms. The molecule has 7 nitrogen and oxygen atoms in total. The van der Waals surface area contributed by atoms with Crippen LogP contribution in [0.2, 0.25) is 0 Å². The van der Waals surface area contributed by atoms with Gasteiger partial charge in [-0.2, -0.15) is 5.10 Å². The van der Waals surface area contributed by atoms with Crippen LogP contribution in [0.1, 0.15) is 12.5 Å². The van der Waals surface area contributed by atoms with E-state index in [-0.39, 0.29) is 11.7 Å². The largest absolute Gasteiger partial charge is 0.325 e. The fourth-order valence-electron chi connectivity index (χ4n) is 3.31. The molecule has 1 amide bonds. The predicted octanol–water partition coefficient (Wildman–Crippen LogP) is 4.40. The molecule has 158 valence electrons. The maximum atomic E-state index is 12.4. The Bertz CT molecular complexity index is 1180. The van der Waals surface area contributed by atoms with Crippen molar-refractivity contribution in [1.82, 2.24) is 24.5 Å². The number of nitrogens with one attached hydrogen (secondary N) is 1. The van der Waals surface area contributed by atoms with Gasteiger partial charge in [-0.25, -0.2) is 0 Å². The minimum Gasteiger partial charge on any atom is -0.325 e. The van der Waals surface area contributed by atoms with Gasteiger partial charge in [0.1, 0.15) is 5.69 Å². The van der Waals surface area contributed by atoms with Crippen LogP contribution in [0.15, 0.2) is 66.0 Å². The quantitative estimate of drug-likeness (QED) is 0.438. The molecule has 2 aromatic carbocycles. The van der Waals surface area contributed by atoms with Crippen LogP contribution in [0.3, 0.4) is 0 Å². The minimum atomic E-state index is -0.0765. The topological polar surface area (TPSA) is 77.6 Å². The van der Waals surface area contributed by atoms with E-state index in [2.05, 4.69) is 20.6 Å². The molecule has 4 rings (SSSR count). The van der Waals surface area contributed by atoms with Gasteiger partial charge in [0.15, 0.2) is 11.0 Å². The molecular weight excluding hydrogens is 408 g/mol. The Morgan fingerprint density at radius 2 is 1.81 bits per heavy atom. The summed E-state index contributed by atoms with van der Waals surface area (Å²) in [4.78, 5) is 12.4. The zero-order valence-corrected chi connectivity index (χ0v) is 18.6. The summed E-state index contributed by atoms with van der Waals surface area (Å²) in [5, 5.41) is 17.1. The van der Waals surface area contributed by atoms with Crippen LogP contribution in [0.4, 0.5) is 5.69 Å². The zero-order chi connectivity index (χ0) is 21.8. The average Bonchev–Trinajstić information content (AvgIpc) is 3.37. The van der Waals surface area contributed by atoms with Gasteiger partial charge in [0.25, 0.3) is 0 Å². The second kappa shape index (κ2) is 9.18. The van der Waals surface area contributed by atoms with E-state index >= 15 is 0 Å². The van der Waals surface area contributed by atoms with Gasteiger partial charge in [0, 0.05) is 31.0 Å². The zero-order valence-electron chi connectivity index (χ0n) is 17.7. The molecule has 0 aliphatic rings. The molecule has 31 heavy (non-hydrogen) atoms. The molecule has 0 radical (unpaired) electrons. The number of aromatic nitrogens is 5. The molecule has 0 saturated carbocycles. The normalized spacial score (nSPS) is 10.9. The first-order valence-electron chi connectivity index (χ1n) is 10.1. The molecule has 0 unspecified atom stereocenters. The van der Waals surface area contributed by atoms with Gasteiger partial charge in [-0.1, -0.05) is 59.8 Å². The first-order chi connectivity index (χ1) is 15.0. The van der Waals surface area contributed by atoms with Crippen LogP contribution < -0.4 is 5.32 Å². The number of hydrogen-bond acceptors (Lipinski definition) is 5. The predicted molar refractivity (Wildman–Crippen MR) is 124 cm³/mol. The number of hydrogen-bond donors (Lipinski definition) is 1. The van der Waals surface area contributed by atoms with Crippen molar-refractivity contribution in [3.8, 4) is 22.6 Å². The molecule has 0 saturated heterocycles. The number of anilines is 1. The van der Waals surface area contributed by atoms with E-state index in [0.29, 0.717) is 11.7 Å². The van der Waals surface area contributed by atoms with E-state index in [4.69, 9.17) is 0 Å². The Morgan fingerprint density at radius 1 is 1.06 bits per heavy atom. The molecule has 4 aromatic rings. The Morgan fingerprint density at radius 3 is 2.52 bits per heavy atom. The van der Waals surface area contributed by atoms with Gasteiger partial charge >= 0.3 is 0 Å². The van der Waals surface area contributed by atoms with Crippen LogP contribution in [0, 0.1) is 6.92 Å². The van der Waals surface area contributed by atoms with Crippen molar-refractivity contribution in [1.29, 1.82) is 0 Å². The molecule has 0 bridgehead atoms. The molecule has 2 heterocycles. The van der Waals surface area contributed by atoms with Gasteiger partial charge in [-0.3, -0.25) is 9.48 Å². The highest BCUT2D eigenvalue weighted by atomic mass is 32.2. The number of aryl methyl sites for hydroxylation is 2. The summed E-state index contributed by atoms with van der Waals surface area (Å²) in [6, 6.07) is 17.8. The number of benzene rings is 2. The summed E-state index contributed by atoms with van der Waals surface area (Å²) in [6.45, 7) is 4.75. The summed E-state index contributed by atoms with van der Waals surface area (Å²) in [5.41, 5.74) is 4.74. The Labute approximate surface area is 185 Å². The highest BCUT2D eigenvalue weighted by Gasteiger charge is 2.20. The van der Waals surface area contributed by atoms with Crippen LogP contribution in [0.25, 0.3) is 22.6 Å². The lowest BCUT2D eigenvalue weighted by Gasteiger charge is -2.08. The monoisotopic (exact) mass is 432 g/mol. The van der Waals surface area contributed by atoms with Gasteiger partial charge in [-0.15, -0.1) is 10.2 Å². The molecule has 0 fully saturated rings. The van der Waals surface area contributed by atoms with E-state index in [1.807, 2.05) is 86.3 Å². The minimum absolute atomic E-state index is 0.0765. The third-order valence-corrected chi connectivity index (χ3v) is 5.78. The smallest absolute Gasteiger partial charge is 0.234 e. The van der Waals surface area contributed by atoms with Gasteiger partial charge in [0.05, 0.1) is 11.3 Å². The molecular formula is C23H24N6OS. The lowest BCUT2D eigenvalue weighted by Crippen LogP contribution is -2.14. The fraction of sp³-hybridized carbons (Fsp3) is 0.217. The van der Waals surface area contributed by atoms with Crippen molar-refractivity contribution in [2.75, 3.05) is 11.1 Å². The van der Waals surface area contributed by atoms with E-state index in [1.165, 1.54) is 11.8 Å². The van der Waals surface area contributed by atoms with Crippen molar-refractivity contribution >= 4 is 23.4 Å². The summed E-state index contributed by atoms with van der Waals surface area (Å²) in [7, 11) is 1.90. The standard InChI is InChI=1S/C23H24N6OS/c1-4-29-22(19-14-28(3)27-21(19)17-8-6-5-7-9-17)25-26-23(29)31-15-20(30)24-18-12-10-16(2)11-13-18/h5-14H,4,15H2,1-3H3,(H,24,30). The second-order valence-electron chi connectivity index (χ2n) is 7.18. The Kier molecular flexibility index (Phi) is 6.18.